The summed E-state index contributed by atoms with van der Waals surface area (Å²) in [5.41, 5.74) is -0.412. The second kappa shape index (κ2) is 5.72. The van der Waals surface area contributed by atoms with Gasteiger partial charge in [-0.25, -0.2) is 0 Å². The van der Waals surface area contributed by atoms with Gasteiger partial charge in [-0.1, -0.05) is 20.8 Å². The average molecular weight is 282 g/mol. The Balaban J connectivity index is 2.09. The van der Waals surface area contributed by atoms with Gasteiger partial charge in [0, 0.05) is 31.1 Å². The number of rotatable bonds is 4. The van der Waals surface area contributed by atoms with Gasteiger partial charge < -0.3 is 15.3 Å². The van der Waals surface area contributed by atoms with Crippen molar-refractivity contribution in [2.75, 3.05) is 19.6 Å². The molecule has 1 amide bonds. The van der Waals surface area contributed by atoms with Gasteiger partial charge in [-0.15, -0.1) is 0 Å². The maximum Gasteiger partial charge on any atom is 0.307 e. The number of hydrogen-bond donors (Lipinski definition) is 2. The van der Waals surface area contributed by atoms with Crippen LogP contribution >= 0.6 is 0 Å². The van der Waals surface area contributed by atoms with Crippen LogP contribution in [0.2, 0.25) is 0 Å². The first-order chi connectivity index (χ1) is 9.29. The number of aliphatic carboxylic acids is 1. The second-order valence-corrected chi connectivity index (χ2v) is 7.23. The van der Waals surface area contributed by atoms with E-state index in [4.69, 9.17) is 0 Å². The molecule has 1 saturated heterocycles. The number of nitrogens with one attached hydrogen (secondary N) is 1. The van der Waals surface area contributed by atoms with Crippen molar-refractivity contribution in [1.29, 1.82) is 0 Å². The van der Waals surface area contributed by atoms with Crippen LogP contribution in [0.25, 0.3) is 0 Å². The maximum atomic E-state index is 12.7. The quantitative estimate of drug-likeness (QED) is 0.816. The molecule has 114 valence electrons. The summed E-state index contributed by atoms with van der Waals surface area (Å²) < 4.78 is 0. The van der Waals surface area contributed by atoms with Gasteiger partial charge >= 0.3 is 5.97 Å². The Labute approximate surface area is 120 Å². The molecule has 1 saturated carbocycles. The number of piperidine rings is 1. The third-order valence-electron chi connectivity index (χ3n) is 4.17. The van der Waals surface area contributed by atoms with E-state index in [1.807, 2.05) is 25.7 Å². The first-order valence-electron chi connectivity index (χ1n) is 7.53. The van der Waals surface area contributed by atoms with Crippen molar-refractivity contribution in [1.82, 2.24) is 10.2 Å². The molecular weight excluding hydrogens is 256 g/mol. The van der Waals surface area contributed by atoms with E-state index in [0.29, 0.717) is 25.4 Å². The Hall–Kier alpha value is -1.10. The van der Waals surface area contributed by atoms with Crippen molar-refractivity contribution < 1.29 is 14.7 Å². The van der Waals surface area contributed by atoms with E-state index in [-0.39, 0.29) is 17.9 Å². The van der Waals surface area contributed by atoms with Crippen LogP contribution in [-0.2, 0) is 9.59 Å². The van der Waals surface area contributed by atoms with Crippen molar-refractivity contribution in [3.8, 4) is 0 Å². The zero-order chi connectivity index (χ0) is 14.9. The van der Waals surface area contributed by atoms with Crippen molar-refractivity contribution in [2.45, 2.75) is 46.1 Å². The summed E-state index contributed by atoms with van der Waals surface area (Å²) in [6, 6.07) is 0.0113. The molecule has 0 aromatic carbocycles. The minimum absolute atomic E-state index is 0.0113. The van der Waals surface area contributed by atoms with Crippen LogP contribution in [-0.4, -0.2) is 47.6 Å². The topological polar surface area (TPSA) is 69.6 Å². The number of hydrogen-bond acceptors (Lipinski definition) is 3. The van der Waals surface area contributed by atoms with Crippen LogP contribution in [0.4, 0.5) is 0 Å². The van der Waals surface area contributed by atoms with Crippen molar-refractivity contribution >= 4 is 11.9 Å². The molecule has 2 atom stereocenters. The van der Waals surface area contributed by atoms with Gasteiger partial charge in [0.15, 0.2) is 0 Å². The fourth-order valence-electron chi connectivity index (χ4n) is 2.75. The summed E-state index contributed by atoms with van der Waals surface area (Å²) >= 11 is 0. The second-order valence-electron chi connectivity index (χ2n) is 7.23. The lowest BCUT2D eigenvalue weighted by Gasteiger charge is -2.40. The van der Waals surface area contributed by atoms with Crippen LogP contribution < -0.4 is 5.32 Å². The molecule has 0 unspecified atom stereocenters. The third kappa shape index (κ3) is 3.72. The number of carbonyl (C=O) groups excluding carboxylic acids is 1. The van der Waals surface area contributed by atoms with E-state index in [0.717, 1.165) is 6.54 Å². The standard InChI is InChI=1S/C15H26N2O3/c1-15(2,3)14(20)17(9-10-4-5-10)12-6-11(13(18)19)7-16-8-12/h10-12,16H,4-9H2,1-3H3,(H,18,19)/t11-,12+/m1/s1. The minimum atomic E-state index is -0.767. The Bertz CT molecular complexity index is 385. The number of carbonyl (C=O) groups is 2. The smallest absolute Gasteiger partial charge is 0.307 e. The SMILES string of the molecule is CC(C)(C)C(=O)N(CC1CC1)[C@@H]1CNC[C@H](C(=O)O)C1. The zero-order valence-electron chi connectivity index (χ0n) is 12.7. The molecule has 0 aromatic heterocycles. The predicted molar refractivity (Wildman–Crippen MR) is 76.3 cm³/mol. The van der Waals surface area contributed by atoms with Gasteiger partial charge in [0.2, 0.25) is 5.91 Å². The van der Waals surface area contributed by atoms with Crippen molar-refractivity contribution in [3.63, 3.8) is 0 Å². The molecule has 20 heavy (non-hydrogen) atoms. The molecule has 1 aliphatic heterocycles. The third-order valence-corrected chi connectivity index (χ3v) is 4.17. The lowest BCUT2D eigenvalue weighted by atomic mass is 9.90. The lowest BCUT2D eigenvalue weighted by Crippen LogP contribution is -2.55. The summed E-state index contributed by atoms with van der Waals surface area (Å²) in [6.07, 6.45) is 2.95. The summed E-state index contributed by atoms with van der Waals surface area (Å²) in [6.45, 7) is 7.79. The van der Waals surface area contributed by atoms with E-state index in [1.54, 1.807) is 0 Å². The van der Waals surface area contributed by atoms with Crippen LogP contribution in [0.3, 0.4) is 0 Å². The highest BCUT2D eigenvalue weighted by Crippen LogP contribution is 2.33. The molecule has 5 nitrogen and oxygen atoms in total. The van der Waals surface area contributed by atoms with E-state index in [9.17, 15) is 14.7 Å². The average Bonchev–Trinajstić information content (AvgIpc) is 3.18. The molecule has 1 heterocycles. The van der Waals surface area contributed by atoms with E-state index < -0.39 is 11.4 Å². The lowest BCUT2D eigenvalue weighted by molar-refractivity contribution is -0.147. The highest BCUT2D eigenvalue weighted by atomic mass is 16.4. The molecular formula is C15H26N2O3. The number of carboxylic acid groups (broad SMARTS) is 1. The minimum Gasteiger partial charge on any atom is -0.481 e. The molecule has 0 radical (unpaired) electrons. The number of amides is 1. The van der Waals surface area contributed by atoms with Gasteiger partial charge in [0.25, 0.3) is 0 Å². The van der Waals surface area contributed by atoms with Gasteiger partial charge in [-0.2, -0.15) is 0 Å². The first-order valence-corrected chi connectivity index (χ1v) is 7.53. The zero-order valence-corrected chi connectivity index (χ0v) is 12.7. The normalized spacial score (nSPS) is 27.1. The van der Waals surface area contributed by atoms with Crippen LogP contribution in [0.1, 0.15) is 40.0 Å². The molecule has 1 aliphatic carbocycles. The van der Waals surface area contributed by atoms with E-state index >= 15 is 0 Å². The maximum absolute atomic E-state index is 12.7. The van der Waals surface area contributed by atoms with Gasteiger partial charge in [0.05, 0.1) is 5.92 Å². The van der Waals surface area contributed by atoms with Crippen molar-refractivity contribution in [3.05, 3.63) is 0 Å². The number of nitrogens with zero attached hydrogens (tertiary/aromatic N) is 1. The molecule has 2 fully saturated rings. The predicted octanol–water partition coefficient (Wildman–Crippen LogP) is 1.33. The van der Waals surface area contributed by atoms with E-state index in [1.165, 1.54) is 12.8 Å². The Morgan fingerprint density at radius 2 is 1.90 bits per heavy atom. The Morgan fingerprint density at radius 1 is 1.25 bits per heavy atom. The fourth-order valence-corrected chi connectivity index (χ4v) is 2.75. The number of carboxylic acids is 1. The Kier molecular flexibility index (Phi) is 4.37. The first kappa shape index (κ1) is 15.3. The van der Waals surface area contributed by atoms with Gasteiger partial charge in [-0.05, 0) is 25.2 Å². The van der Waals surface area contributed by atoms with Crippen molar-refractivity contribution in [2.24, 2.45) is 17.3 Å². The molecule has 0 spiro atoms. The molecule has 0 aromatic rings. The monoisotopic (exact) mass is 282 g/mol. The fraction of sp³-hybridized carbons (Fsp3) is 0.867. The molecule has 0 bridgehead atoms. The van der Waals surface area contributed by atoms with Crippen LogP contribution in [0, 0.1) is 17.3 Å². The summed E-state index contributed by atoms with van der Waals surface area (Å²) in [4.78, 5) is 25.8. The molecule has 2 rings (SSSR count). The van der Waals surface area contributed by atoms with E-state index in [2.05, 4.69) is 5.32 Å². The molecule has 2 N–H and O–H groups in total. The highest BCUT2D eigenvalue weighted by Gasteiger charge is 2.38. The molecule has 5 heteroatoms. The largest absolute Gasteiger partial charge is 0.481 e. The van der Waals surface area contributed by atoms with Crippen LogP contribution in [0.15, 0.2) is 0 Å². The summed E-state index contributed by atoms with van der Waals surface area (Å²) in [5.74, 6) is -0.395. The highest BCUT2D eigenvalue weighted by molar-refractivity contribution is 5.82. The molecule has 2 aliphatic rings. The summed E-state index contributed by atoms with van der Waals surface area (Å²) in [7, 11) is 0. The Morgan fingerprint density at radius 3 is 2.40 bits per heavy atom. The van der Waals surface area contributed by atoms with Gasteiger partial charge in [-0.3, -0.25) is 9.59 Å². The van der Waals surface area contributed by atoms with Gasteiger partial charge in [0.1, 0.15) is 0 Å². The van der Waals surface area contributed by atoms with Crippen LogP contribution in [0.5, 0.6) is 0 Å². The summed E-state index contributed by atoms with van der Waals surface area (Å²) in [5, 5.41) is 12.4.